The first kappa shape index (κ1) is 19.5. The van der Waals surface area contributed by atoms with Crippen LogP contribution in [-0.2, 0) is 11.2 Å². The van der Waals surface area contributed by atoms with Crippen LogP contribution in [-0.4, -0.2) is 43.9 Å². The van der Waals surface area contributed by atoms with Gasteiger partial charge in [-0.3, -0.25) is 9.59 Å². The summed E-state index contributed by atoms with van der Waals surface area (Å²) < 4.78 is 11.0. The highest BCUT2D eigenvalue weighted by Gasteiger charge is 2.15. The van der Waals surface area contributed by atoms with Crippen molar-refractivity contribution < 1.29 is 19.1 Å². The zero-order valence-corrected chi connectivity index (χ0v) is 15.7. The first-order valence-electron chi connectivity index (χ1n) is 8.52. The Morgan fingerprint density at radius 1 is 1.08 bits per heavy atom. The lowest BCUT2D eigenvalue weighted by molar-refractivity contribution is -0.129. The Morgan fingerprint density at radius 2 is 1.81 bits per heavy atom. The van der Waals surface area contributed by atoms with Crippen LogP contribution in [0.3, 0.4) is 0 Å². The van der Waals surface area contributed by atoms with Gasteiger partial charge in [0.2, 0.25) is 5.91 Å². The number of nitrogens with zero attached hydrogens (tertiary/aromatic N) is 1. The number of hydrogen-bond donors (Lipinski definition) is 0. The summed E-state index contributed by atoms with van der Waals surface area (Å²) in [4.78, 5) is 25.7. The molecule has 5 heteroatoms. The van der Waals surface area contributed by atoms with Crippen LogP contribution in [0, 0.1) is 6.92 Å². The zero-order valence-electron chi connectivity index (χ0n) is 15.7. The second kappa shape index (κ2) is 9.04. The van der Waals surface area contributed by atoms with Gasteiger partial charge in [0, 0.05) is 18.2 Å². The number of hydrogen-bond acceptors (Lipinski definition) is 4. The molecule has 2 rings (SSSR count). The molecule has 0 aliphatic rings. The molecule has 0 aliphatic heterocycles. The maximum absolute atomic E-state index is 12.5. The van der Waals surface area contributed by atoms with E-state index >= 15 is 0 Å². The number of carbonyl (C=O) groups is 2. The quantitative estimate of drug-likeness (QED) is 0.682. The minimum absolute atomic E-state index is 0.0404. The number of aryl methyl sites for hydroxylation is 1. The van der Waals surface area contributed by atoms with Gasteiger partial charge in [0.1, 0.15) is 18.1 Å². The lowest BCUT2D eigenvalue weighted by atomic mass is 10.0. The van der Waals surface area contributed by atoms with E-state index in [0.717, 1.165) is 11.3 Å². The predicted molar refractivity (Wildman–Crippen MR) is 101 cm³/mol. The number of benzene rings is 2. The molecule has 0 radical (unpaired) electrons. The number of amides is 1. The summed E-state index contributed by atoms with van der Waals surface area (Å²) in [5.41, 5.74) is 2.34. The van der Waals surface area contributed by atoms with E-state index in [2.05, 4.69) is 0 Å². The van der Waals surface area contributed by atoms with Crippen LogP contribution in [0.2, 0.25) is 0 Å². The van der Waals surface area contributed by atoms with Gasteiger partial charge < -0.3 is 14.4 Å². The molecule has 0 saturated heterocycles. The van der Waals surface area contributed by atoms with Crippen LogP contribution >= 0.6 is 0 Å². The molecule has 0 bridgehead atoms. The molecule has 0 atom stereocenters. The average molecular weight is 355 g/mol. The SMILES string of the molecule is COc1ccc(C(C)=O)cc1CC(=O)N(C)CCOc1ccccc1C. The summed E-state index contributed by atoms with van der Waals surface area (Å²) in [6, 6.07) is 12.9. The van der Waals surface area contributed by atoms with Gasteiger partial charge in [0.25, 0.3) is 0 Å². The molecule has 26 heavy (non-hydrogen) atoms. The molecule has 2 aromatic rings. The van der Waals surface area contributed by atoms with Crippen molar-refractivity contribution in [2.24, 2.45) is 0 Å². The largest absolute Gasteiger partial charge is 0.496 e. The fourth-order valence-corrected chi connectivity index (χ4v) is 2.57. The van der Waals surface area contributed by atoms with E-state index < -0.39 is 0 Å². The van der Waals surface area contributed by atoms with E-state index in [1.165, 1.54) is 6.92 Å². The predicted octanol–water partition coefficient (Wildman–Crippen LogP) is 3.29. The molecule has 0 aromatic heterocycles. The van der Waals surface area contributed by atoms with Crippen molar-refractivity contribution in [1.29, 1.82) is 0 Å². The number of methoxy groups -OCH3 is 1. The van der Waals surface area contributed by atoms with Crippen molar-refractivity contribution in [3.63, 3.8) is 0 Å². The second-order valence-corrected chi connectivity index (χ2v) is 6.19. The average Bonchev–Trinajstić information content (AvgIpc) is 2.63. The van der Waals surface area contributed by atoms with Crippen molar-refractivity contribution >= 4 is 11.7 Å². The number of rotatable bonds is 8. The number of ketones is 1. The molecule has 0 fully saturated rings. The Labute approximate surface area is 154 Å². The van der Waals surface area contributed by atoms with Crippen LogP contribution in [0.15, 0.2) is 42.5 Å². The summed E-state index contributed by atoms with van der Waals surface area (Å²) in [7, 11) is 3.29. The molecule has 0 saturated carbocycles. The molecular weight excluding hydrogens is 330 g/mol. The molecule has 5 nitrogen and oxygen atoms in total. The van der Waals surface area contributed by atoms with E-state index in [-0.39, 0.29) is 18.1 Å². The molecule has 0 aliphatic carbocycles. The number of Topliss-reactive ketones (excluding diaryl/α,β-unsaturated/α-hetero) is 1. The Morgan fingerprint density at radius 3 is 2.46 bits per heavy atom. The molecule has 1 amide bonds. The number of carbonyl (C=O) groups excluding carboxylic acids is 2. The van der Waals surface area contributed by atoms with Gasteiger partial charge in [-0.2, -0.15) is 0 Å². The highest BCUT2D eigenvalue weighted by atomic mass is 16.5. The number of ether oxygens (including phenoxy) is 2. The summed E-state index contributed by atoms with van der Waals surface area (Å²) in [5, 5.41) is 0. The Kier molecular flexibility index (Phi) is 6.78. The molecule has 0 spiro atoms. The summed E-state index contributed by atoms with van der Waals surface area (Å²) in [6.45, 7) is 4.38. The van der Waals surface area contributed by atoms with E-state index in [1.54, 1.807) is 37.3 Å². The van der Waals surface area contributed by atoms with Crippen molar-refractivity contribution in [3.05, 3.63) is 59.2 Å². The van der Waals surface area contributed by atoms with E-state index in [0.29, 0.717) is 30.0 Å². The highest BCUT2D eigenvalue weighted by Crippen LogP contribution is 2.21. The number of para-hydroxylation sites is 1. The van der Waals surface area contributed by atoms with Crippen LogP contribution in [0.4, 0.5) is 0 Å². The maximum atomic E-state index is 12.5. The topological polar surface area (TPSA) is 55.8 Å². The normalized spacial score (nSPS) is 10.3. The van der Waals surface area contributed by atoms with Crippen LogP contribution in [0.5, 0.6) is 11.5 Å². The third kappa shape index (κ3) is 5.09. The van der Waals surface area contributed by atoms with Crippen molar-refractivity contribution in [3.8, 4) is 11.5 Å². The smallest absolute Gasteiger partial charge is 0.226 e. The lowest BCUT2D eigenvalue weighted by Crippen LogP contribution is -2.32. The number of likely N-dealkylation sites (N-methyl/N-ethyl adjacent to an activating group) is 1. The molecule has 0 N–H and O–H groups in total. The molecule has 138 valence electrons. The van der Waals surface area contributed by atoms with Gasteiger partial charge in [-0.05, 0) is 43.7 Å². The molecule has 0 unspecified atom stereocenters. The Balaban J connectivity index is 1.95. The van der Waals surface area contributed by atoms with E-state index in [4.69, 9.17) is 9.47 Å². The minimum atomic E-state index is -0.0580. The summed E-state index contributed by atoms with van der Waals surface area (Å²) in [6.07, 6.45) is 0.172. The summed E-state index contributed by atoms with van der Waals surface area (Å²) in [5.74, 6) is 1.33. The van der Waals surface area contributed by atoms with Crippen molar-refractivity contribution in [2.45, 2.75) is 20.3 Å². The lowest BCUT2D eigenvalue weighted by Gasteiger charge is -2.19. The van der Waals surface area contributed by atoms with Gasteiger partial charge in [0.05, 0.1) is 20.1 Å². The first-order valence-corrected chi connectivity index (χ1v) is 8.52. The fourth-order valence-electron chi connectivity index (χ4n) is 2.57. The van der Waals surface area contributed by atoms with Crippen molar-refractivity contribution in [1.82, 2.24) is 4.90 Å². The Bertz CT molecular complexity index is 785. The van der Waals surface area contributed by atoms with Gasteiger partial charge in [-0.1, -0.05) is 18.2 Å². The van der Waals surface area contributed by atoms with Crippen LogP contribution in [0.1, 0.15) is 28.4 Å². The summed E-state index contributed by atoms with van der Waals surface area (Å²) >= 11 is 0. The van der Waals surface area contributed by atoms with Gasteiger partial charge in [0.15, 0.2) is 5.78 Å². The van der Waals surface area contributed by atoms with Gasteiger partial charge in [-0.15, -0.1) is 0 Å². The molecule has 2 aromatic carbocycles. The van der Waals surface area contributed by atoms with Crippen LogP contribution in [0.25, 0.3) is 0 Å². The third-order valence-electron chi connectivity index (χ3n) is 4.23. The van der Waals surface area contributed by atoms with E-state index in [9.17, 15) is 9.59 Å². The zero-order chi connectivity index (χ0) is 19.1. The Hall–Kier alpha value is -2.82. The monoisotopic (exact) mass is 355 g/mol. The van der Waals surface area contributed by atoms with E-state index in [1.807, 2.05) is 31.2 Å². The molecular formula is C21H25NO4. The first-order chi connectivity index (χ1) is 12.4. The van der Waals surface area contributed by atoms with Gasteiger partial charge in [-0.25, -0.2) is 0 Å². The van der Waals surface area contributed by atoms with Crippen LogP contribution < -0.4 is 9.47 Å². The van der Waals surface area contributed by atoms with Crippen molar-refractivity contribution in [2.75, 3.05) is 27.3 Å². The maximum Gasteiger partial charge on any atom is 0.226 e. The minimum Gasteiger partial charge on any atom is -0.496 e. The molecule has 0 heterocycles. The van der Waals surface area contributed by atoms with Gasteiger partial charge >= 0.3 is 0 Å². The standard InChI is InChI=1S/C21H25NO4/c1-15-7-5-6-8-19(15)26-12-11-22(3)21(24)14-18-13-17(16(2)23)9-10-20(18)25-4/h5-10,13H,11-12,14H2,1-4H3. The highest BCUT2D eigenvalue weighted by molar-refractivity contribution is 5.94. The third-order valence-corrected chi connectivity index (χ3v) is 4.23. The fraction of sp³-hybridized carbons (Fsp3) is 0.333. The second-order valence-electron chi connectivity index (χ2n) is 6.19.